The first-order valence-electron chi connectivity index (χ1n) is 9.95. The van der Waals surface area contributed by atoms with Crippen LogP contribution < -0.4 is 5.32 Å². The lowest BCUT2D eigenvalue weighted by Crippen LogP contribution is -2.49. The third kappa shape index (κ3) is 4.88. The van der Waals surface area contributed by atoms with E-state index in [9.17, 15) is 18.0 Å². The molecule has 1 aliphatic heterocycles. The van der Waals surface area contributed by atoms with Crippen molar-refractivity contribution in [1.82, 2.24) is 9.21 Å². The molecule has 1 saturated heterocycles. The fourth-order valence-electron chi connectivity index (χ4n) is 3.33. The van der Waals surface area contributed by atoms with E-state index in [0.29, 0.717) is 30.3 Å². The van der Waals surface area contributed by atoms with Gasteiger partial charge >= 0.3 is 0 Å². The standard InChI is InChI=1S/C22H27N3O4S/c1-16(2)18-4-8-20(9-5-18)23-22(27)19-6-10-21(11-7-19)30(28,29)25-14-12-24(13-15-25)17(3)26/h4-11,16H,12-15H2,1-3H3,(H,23,27). The van der Waals surface area contributed by atoms with Crippen LogP contribution in [0.5, 0.6) is 0 Å². The molecule has 0 bridgehead atoms. The van der Waals surface area contributed by atoms with E-state index in [2.05, 4.69) is 19.2 Å². The third-order valence-electron chi connectivity index (χ3n) is 5.27. The van der Waals surface area contributed by atoms with Crippen molar-refractivity contribution in [2.45, 2.75) is 31.6 Å². The second-order valence-electron chi connectivity index (χ2n) is 7.67. The molecule has 2 aromatic rings. The van der Waals surface area contributed by atoms with Crippen LogP contribution in [0.2, 0.25) is 0 Å². The fourth-order valence-corrected chi connectivity index (χ4v) is 4.75. The van der Waals surface area contributed by atoms with Gasteiger partial charge in [0, 0.05) is 44.4 Å². The summed E-state index contributed by atoms with van der Waals surface area (Å²) < 4.78 is 27.1. The molecule has 1 N–H and O–H groups in total. The Labute approximate surface area is 177 Å². The van der Waals surface area contributed by atoms with E-state index in [0.717, 1.165) is 0 Å². The first kappa shape index (κ1) is 22.0. The molecule has 1 heterocycles. The molecule has 30 heavy (non-hydrogen) atoms. The van der Waals surface area contributed by atoms with Crippen molar-refractivity contribution in [2.75, 3.05) is 31.5 Å². The van der Waals surface area contributed by atoms with Crippen LogP contribution in [0.4, 0.5) is 5.69 Å². The van der Waals surface area contributed by atoms with Gasteiger partial charge in [0.1, 0.15) is 0 Å². The molecule has 0 saturated carbocycles. The van der Waals surface area contributed by atoms with E-state index >= 15 is 0 Å². The van der Waals surface area contributed by atoms with Gasteiger partial charge in [0.15, 0.2) is 0 Å². The van der Waals surface area contributed by atoms with Gasteiger partial charge in [-0.1, -0.05) is 26.0 Å². The number of benzene rings is 2. The smallest absolute Gasteiger partial charge is 0.255 e. The normalized spacial score (nSPS) is 15.3. The number of nitrogens with one attached hydrogen (secondary N) is 1. The highest BCUT2D eigenvalue weighted by atomic mass is 32.2. The van der Waals surface area contributed by atoms with Crippen molar-refractivity contribution in [3.63, 3.8) is 0 Å². The summed E-state index contributed by atoms with van der Waals surface area (Å²) in [6.07, 6.45) is 0. The van der Waals surface area contributed by atoms with Crippen molar-refractivity contribution in [2.24, 2.45) is 0 Å². The summed E-state index contributed by atoms with van der Waals surface area (Å²) in [7, 11) is -3.66. The summed E-state index contributed by atoms with van der Waals surface area (Å²) in [5.74, 6) is 0.0576. The number of nitrogens with zero attached hydrogens (tertiary/aromatic N) is 2. The summed E-state index contributed by atoms with van der Waals surface area (Å²) in [6.45, 7) is 6.97. The number of rotatable bonds is 5. The Morgan fingerprint density at radius 3 is 1.97 bits per heavy atom. The Hall–Kier alpha value is -2.71. The van der Waals surface area contributed by atoms with E-state index in [-0.39, 0.29) is 29.8 Å². The predicted molar refractivity (Wildman–Crippen MR) is 116 cm³/mol. The van der Waals surface area contributed by atoms with E-state index in [1.807, 2.05) is 24.3 Å². The van der Waals surface area contributed by atoms with Gasteiger partial charge in [0.25, 0.3) is 5.91 Å². The lowest BCUT2D eigenvalue weighted by atomic mass is 10.0. The van der Waals surface area contributed by atoms with Crippen LogP contribution in [-0.2, 0) is 14.8 Å². The molecule has 8 heteroatoms. The van der Waals surface area contributed by atoms with Gasteiger partial charge < -0.3 is 10.2 Å². The van der Waals surface area contributed by atoms with Crippen molar-refractivity contribution in [3.05, 3.63) is 59.7 Å². The van der Waals surface area contributed by atoms with Gasteiger partial charge in [-0.2, -0.15) is 4.31 Å². The van der Waals surface area contributed by atoms with Crippen molar-refractivity contribution in [3.8, 4) is 0 Å². The molecule has 0 aromatic heterocycles. The van der Waals surface area contributed by atoms with Crippen LogP contribution in [0.25, 0.3) is 0 Å². The topological polar surface area (TPSA) is 86.8 Å². The average molecular weight is 430 g/mol. The zero-order valence-corrected chi connectivity index (χ0v) is 18.3. The Bertz CT molecular complexity index is 1010. The number of hydrogen-bond acceptors (Lipinski definition) is 4. The molecular weight excluding hydrogens is 402 g/mol. The molecule has 1 fully saturated rings. The number of piperazine rings is 1. The van der Waals surface area contributed by atoms with E-state index in [1.54, 1.807) is 4.90 Å². The Morgan fingerprint density at radius 2 is 1.47 bits per heavy atom. The lowest BCUT2D eigenvalue weighted by molar-refractivity contribution is -0.129. The molecule has 0 aliphatic carbocycles. The maximum Gasteiger partial charge on any atom is 0.255 e. The van der Waals surface area contributed by atoms with Crippen LogP contribution in [0.15, 0.2) is 53.4 Å². The number of anilines is 1. The van der Waals surface area contributed by atoms with E-state index in [1.165, 1.54) is 41.1 Å². The fraction of sp³-hybridized carbons (Fsp3) is 0.364. The molecule has 0 spiro atoms. The number of carbonyl (C=O) groups is 2. The Morgan fingerprint density at radius 1 is 0.900 bits per heavy atom. The highest BCUT2D eigenvalue weighted by Gasteiger charge is 2.29. The Kier molecular flexibility index (Phi) is 6.58. The summed E-state index contributed by atoms with van der Waals surface area (Å²) in [6, 6.07) is 13.6. The second kappa shape index (κ2) is 8.97. The molecule has 3 rings (SSSR count). The summed E-state index contributed by atoms with van der Waals surface area (Å²) in [5.41, 5.74) is 2.25. The van der Waals surface area contributed by atoms with Crippen molar-refractivity contribution < 1.29 is 18.0 Å². The predicted octanol–water partition coefficient (Wildman–Crippen LogP) is 2.92. The van der Waals surface area contributed by atoms with Gasteiger partial charge in [0.05, 0.1) is 4.90 Å². The largest absolute Gasteiger partial charge is 0.340 e. The minimum absolute atomic E-state index is 0.0544. The van der Waals surface area contributed by atoms with Crippen LogP contribution in [-0.4, -0.2) is 55.6 Å². The van der Waals surface area contributed by atoms with Gasteiger partial charge in [0.2, 0.25) is 15.9 Å². The quantitative estimate of drug-likeness (QED) is 0.792. The third-order valence-corrected chi connectivity index (χ3v) is 7.19. The minimum atomic E-state index is -3.66. The lowest BCUT2D eigenvalue weighted by Gasteiger charge is -2.33. The van der Waals surface area contributed by atoms with Crippen molar-refractivity contribution >= 4 is 27.5 Å². The summed E-state index contributed by atoms with van der Waals surface area (Å²) >= 11 is 0. The number of sulfonamides is 1. The monoisotopic (exact) mass is 429 g/mol. The first-order valence-corrected chi connectivity index (χ1v) is 11.4. The number of hydrogen-bond donors (Lipinski definition) is 1. The van der Waals surface area contributed by atoms with Crippen LogP contribution in [0, 0.1) is 0 Å². The summed E-state index contributed by atoms with van der Waals surface area (Å²) in [5, 5.41) is 2.83. The molecule has 2 amide bonds. The molecule has 1 aliphatic rings. The van der Waals surface area contributed by atoms with Crippen LogP contribution in [0.3, 0.4) is 0 Å². The minimum Gasteiger partial charge on any atom is -0.340 e. The Balaban J connectivity index is 1.66. The maximum absolute atomic E-state index is 12.8. The second-order valence-corrected chi connectivity index (χ2v) is 9.60. The zero-order chi connectivity index (χ0) is 21.9. The first-order chi connectivity index (χ1) is 14.2. The van der Waals surface area contributed by atoms with Crippen molar-refractivity contribution in [1.29, 1.82) is 0 Å². The number of carbonyl (C=O) groups excluding carboxylic acids is 2. The molecule has 0 atom stereocenters. The van der Waals surface area contributed by atoms with Gasteiger partial charge in [-0.05, 0) is 47.9 Å². The number of amides is 2. The highest BCUT2D eigenvalue weighted by Crippen LogP contribution is 2.20. The average Bonchev–Trinajstić information content (AvgIpc) is 2.74. The molecule has 2 aromatic carbocycles. The van der Waals surface area contributed by atoms with Crippen LogP contribution in [0.1, 0.15) is 42.6 Å². The highest BCUT2D eigenvalue weighted by molar-refractivity contribution is 7.89. The van der Waals surface area contributed by atoms with Gasteiger partial charge in [-0.25, -0.2) is 8.42 Å². The van der Waals surface area contributed by atoms with Gasteiger partial charge in [-0.3, -0.25) is 9.59 Å². The molecular formula is C22H27N3O4S. The molecule has 0 unspecified atom stereocenters. The van der Waals surface area contributed by atoms with E-state index < -0.39 is 10.0 Å². The molecule has 160 valence electrons. The van der Waals surface area contributed by atoms with E-state index in [4.69, 9.17) is 0 Å². The maximum atomic E-state index is 12.8. The SMILES string of the molecule is CC(=O)N1CCN(S(=O)(=O)c2ccc(C(=O)Nc3ccc(C(C)C)cc3)cc2)CC1. The molecule has 7 nitrogen and oxygen atoms in total. The van der Waals surface area contributed by atoms with Gasteiger partial charge in [-0.15, -0.1) is 0 Å². The summed E-state index contributed by atoms with van der Waals surface area (Å²) in [4.78, 5) is 25.7. The molecule has 0 radical (unpaired) electrons. The van der Waals surface area contributed by atoms with Crippen LogP contribution >= 0.6 is 0 Å². The zero-order valence-electron chi connectivity index (χ0n) is 17.5.